The van der Waals surface area contributed by atoms with Gasteiger partial charge in [0, 0.05) is 12.5 Å². The summed E-state index contributed by atoms with van der Waals surface area (Å²) in [5, 5.41) is 7.32. The lowest BCUT2D eigenvalue weighted by Gasteiger charge is -2.18. The highest BCUT2D eigenvalue weighted by Gasteiger charge is 2.27. The molecule has 0 radical (unpaired) electrons. The first-order valence-electron chi connectivity index (χ1n) is 6.59. The Kier molecular flexibility index (Phi) is 6.71. The van der Waals surface area contributed by atoms with Crippen LogP contribution in [0, 0.1) is 0 Å². The lowest BCUT2D eigenvalue weighted by molar-refractivity contribution is -0.135. The number of hydrogen-bond donors (Lipinski definition) is 1. The first-order valence-corrected chi connectivity index (χ1v) is 7.36. The summed E-state index contributed by atoms with van der Waals surface area (Å²) in [6.07, 6.45) is -2.50. The van der Waals surface area contributed by atoms with Gasteiger partial charge in [0.15, 0.2) is 0 Å². The molecule has 0 saturated heterocycles. The third-order valence-electron chi connectivity index (χ3n) is 2.83. The molecule has 0 bridgehead atoms. The largest absolute Gasteiger partial charge is 0.389 e. The van der Waals surface area contributed by atoms with Gasteiger partial charge >= 0.3 is 6.18 Å². The zero-order valence-electron chi connectivity index (χ0n) is 11.3. The molecule has 0 aliphatic heterocycles. The molecule has 1 heterocycles. The van der Waals surface area contributed by atoms with E-state index in [1.54, 1.807) is 0 Å². The van der Waals surface area contributed by atoms with Gasteiger partial charge in [-0.3, -0.25) is 0 Å². The second-order valence-electron chi connectivity index (χ2n) is 4.45. The molecule has 0 aliphatic carbocycles. The molecular formula is C12H20F3N3S. The van der Waals surface area contributed by atoms with Gasteiger partial charge in [-0.05, 0) is 43.8 Å². The van der Waals surface area contributed by atoms with Crippen LogP contribution in [0.25, 0.3) is 0 Å². The van der Waals surface area contributed by atoms with Gasteiger partial charge in [-0.25, -0.2) is 0 Å². The smallest absolute Gasteiger partial charge is 0.309 e. The van der Waals surface area contributed by atoms with E-state index in [-0.39, 0.29) is 12.5 Å². The maximum Gasteiger partial charge on any atom is 0.389 e. The van der Waals surface area contributed by atoms with E-state index in [0.717, 1.165) is 30.0 Å². The van der Waals surface area contributed by atoms with E-state index in [1.807, 2.05) is 13.8 Å². The van der Waals surface area contributed by atoms with Crippen molar-refractivity contribution in [3.63, 3.8) is 0 Å². The Hall–Kier alpha value is -0.690. The number of hydrogen-bond acceptors (Lipinski definition) is 4. The summed E-state index contributed by atoms with van der Waals surface area (Å²) in [6.45, 7) is 4.80. The molecule has 110 valence electrons. The summed E-state index contributed by atoms with van der Waals surface area (Å²) in [5.41, 5.74) is 0.894. The van der Waals surface area contributed by atoms with Crippen LogP contribution in [0.1, 0.15) is 56.1 Å². The average molecular weight is 295 g/mol. The van der Waals surface area contributed by atoms with E-state index < -0.39 is 12.6 Å². The maximum atomic E-state index is 12.2. The van der Waals surface area contributed by atoms with E-state index in [0.29, 0.717) is 6.42 Å². The van der Waals surface area contributed by atoms with Crippen LogP contribution in [0.3, 0.4) is 0 Å². The summed E-state index contributed by atoms with van der Waals surface area (Å²) >= 11 is 1.29. The molecule has 1 atom stereocenters. The molecule has 0 saturated carbocycles. The van der Waals surface area contributed by atoms with Crippen LogP contribution in [-0.2, 0) is 6.42 Å². The molecule has 1 aromatic heterocycles. The fraction of sp³-hybridized carbons (Fsp3) is 0.833. The van der Waals surface area contributed by atoms with Crippen LogP contribution in [0.4, 0.5) is 13.2 Å². The highest BCUT2D eigenvalue weighted by molar-refractivity contribution is 7.05. The fourth-order valence-corrected chi connectivity index (χ4v) is 2.72. The SMILES string of the molecule is CCCNC(CCCC(F)(F)F)c1snnc1CC. The molecule has 0 aliphatic rings. The molecule has 0 amide bonds. The zero-order chi connectivity index (χ0) is 14.3. The summed E-state index contributed by atoms with van der Waals surface area (Å²) in [4.78, 5) is 0.984. The van der Waals surface area contributed by atoms with E-state index in [2.05, 4.69) is 14.9 Å². The summed E-state index contributed by atoms with van der Waals surface area (Å²) in [7, 11) is 0. The third-order valence-corrected chi connectivity index (χ3v) is 3.71. The standard InChI is InChI=1S/C12H20F3N3S/c1-3-8-16-10(6-5-7-12(13,14)15)11-9(4-2)17-18-19-11/h10,16H,3-8H2,1-2H3. The van der Waals surface area contributed by atoms with Crippen molar-refractivity contribution in [2.75, 3.05) is 6.54 Å². The van der Waals surface area contributed by atoms with Crippen LogP contribution < -0.4 is 5.32 Å². The molecule has 19 heavy (non-hydrogen) atoms. The van der Waals surface area contributed by atoms with Crippen molar-refractivity contribution in [1.29, 1.82) is 0 Å². The monoisotopic (exact) mass is 295 g/mol. The second kappa shape index (κ2) is 7.79. The maximum absolute atomic E-state index is 12.2. The van der Waals surface area contributed by atoms with Crippen LogP contribution in [0.2, 0.25) is 0 Å². The lowest BCUT2D eigenvalue weighted by Crippen LogP contribution is -2.23. The van der Waals surface area contributed by atoms with Crippen LogP contribution in [0.5, 0.6) is 0 Å². The fourth-order valence-electron chi connectivity index (χ4n) is 1.88. The Morgan fingerprint density at radius 1 is 1.32 bits per heavy atom. The molecular weight excluding hydrogens is 275 g/mol. The number of aromatic nitrogens is 2. The van der Waals surface area contributed by atoms with Crippen molar-refractivity contribution in [1.82, 2.24) is 14.9 Å². The number of halogens is 3. The van der Waals surface area contributed by atoms with Crippen molar-refractivity contribution in [3.05, 3.63) is 10.6 Å². The van der Waals surface area contributed by atoms with Crippen LogP contribution >= 0.6 is 11.5 Å². The Morgan fingerprint density at radius 3 is 2.63 bits per heavy atom. The van der Waals surface area contributed by atoms with Gasteiger partial charge in [0.25, 0.3) is 0 Å². The highest BCUT2D eigenvalue weighted by Crippen LogP contribution is 2.29. The predicted octanol–water partition coefficient (Wildman–Crippen LogP) is 3.87. The van der Waals surface area contributed by atoms with Crippen molar-refractivity contribution in [2.45, 2.75) is 58.2 Å². The quantitative estimate of drug-likeness (QED) is 0.791. The Bertz CT molecular complexity index is 365. The number of rotatable bonds is 8. The molecule has 1 rings (SSSR count). The van der Waals surface area contributed by atoms with Gasteiger partial charge in [-0.15, -0.1) is 5.10 Å². The highest BCUT2D eigenvalue weighted by atomic mass is 32.1. The zero-order valence-corrected chi connectivity index (χ0v) is 12.1. The molecule has 7 heteroatoms. The first-order chi connectivity index (χ1) is 8.98. The molecule has 3 nitrogen and oxygen atoms in total. The van der Waals surface area contributed by atoms with Crippen molar-refractivity contribution < 1.29 is 13.2 Å². The normalized spacial score (nSPS) is 13.7. The summed E-state index contributed by atoms with van der Waals surface area (Å²) < 4.78 is 40.5. The lowest BCUT2D eigenvalue weighted by atomic mass is 10.1. The van der Waals surface area contributed by atoms with E-state index in [9.17, 15) is 13.2 Å². The minimum atomic E-state index is -4.07. The first kappa shape index (κ1) is 16.4. The average Bonchev–Trinajstić information content (AvgIpc) is 2.80. The number of nitrogens with zero attached hydrogens (tertiary/aromatic N) is 2. The van der Waals surface area contributed by atoms with E-state index in [4.69, 9.17) is 0 Å². The van der Waals surface area contributed by atoms with Gasteiger partial charge in [0.05, 0.1) is 10.6 Å². The number of nitrogens with one attached hydrogen (secondary N) is 1. The Balaban J connectivity index is 2.61. The molecule has 1 unspecified atom stereocenters. The van der Waals surface area contributed by atoms with E-state index in [1.165, 1.54) is 11.5 Å². The van der Waals surface area contributed by atoms with Crippen molar-refractivity contribution >= 4 is 11.5 Å². The Morgan fingerprint density at radius 2 is 2.05 bits per heavy atom. The van der Waals surface area contributed by atoms with Crippen LogP contribution in [-0.4, -0.2) is 22.3 Å². The molecule has 0 fully saturated rings. The summed E-state index contributed by atoms with van der Waals surface area (Å²) in [5.74, 6) is 0. The molecule has 1 N–H and O–H groups in total. The minimum absolute atomic E-state index is 0.0581. The van der Waals surface area contributed by atoms with Crippen molar-refractivity contribution in [2.24, 2.45) is 0 Å². The van der Waals surface area contributed by atoms with Gasteiger partial charge in [-0.1, -0.05) is 18.3 Å². The van der Waals surface area contributed by atoms with Crippen LogP contribution in [0.15, 0.2) is 0 Å². The molecule has 0 aromatic carbocycles. The minimum Gasteiger partial charge on any atom is -0.309 e. The third kappa shape index (κ3) is 5.86. The topological polar surface area (TPSA) is 37.8 Å². The molecule has 1 aromatic rings. The van der Waals surface area contributed by atoms with Gasteiger partial charge in [-0.2, -0.15) is 13.2 Å². The molecule has 0 spiro atoms. The summed E-state index contributed by atoms with van der Waals surface area (Å²) in [6, 6.07) is -0.0581. The van der Waals surface area contributed by atoms with E-state index >= 15 is 0 Å². The Labute approximate surface area is 115 Å². The van der Waals surface area contributed by atoms with Gasteiger partial charge in [0.2, 0.25) is 0 Å². The van der Waals surface area contributed by atoms with Gasteiger partial charge < -0.3 is 5.32 Å². The van der Waals surface area contributed by atoms with Gasteiger partial charge in [0.1, 0.15) is 0 Å². The number of aryl methyl sites for hydroxylation is 1. The predicted molar refractivity (Wildman–Crippen MR) is 70.2 cm³/mol. The number of alkyl halides is 3. The second-order valence-corrected chi connectivity index (χ2v) is 5.24. The van der Waals surface area contributed by atoms with Crippen molar-refractivity contribution in [3.8, 4) is 0 Å².